The van der Waals surface area contributed by atoms with Gasteiger partial charge in [-0.3, -0.25) is 4.79 Å². The Bertz CT molecular complexity index is 448. The number of rotatable bonds is 6. The van der Waals surface area contributed by atoms with Gasteiger partial charge in [-0.15, -0.1) is 0 Å². The highest BCUT2D eigenvalue weighted by Crippen LogP contribution is 2.25. The molecule has 19 heavy (non-hydrogen) atoms. The lowest BCUT2D eigenvalue weighted by Crippen LogP contribution is -2.25. The highest BCUT2D eigenvalue weighted by atomic mass is 16.4. The maximum atomic E-state index is 10.9. The second-order valence-electron chi connectivity index (χ2n) is 5.08. The number of hydrogen-bond acceptors (Lipinski definition) is 4. The number of aliphatic carboxylic acids is 1. The Balaban J connectivity index is 2.14. The fraction of sp³-hybridized carbons (Fsp3) is 0.643. The van der Waals surface area contributed by atoms with Crippen LogP contribution in [0.4, 0.5) is 5.82 Å². The Morgan fingerprint density at radius 1 is 1.42 bits per heavy atom. The molecule has 1 unspecified atom stereocenters. The quantitative estimate of drug-likeness (QED) is 0.824. The second kappa shape index (κ2) is 6.50. The van der Waals surface area contributed by atoms with Crippen LogP contribution in [0.5, 0.6) is 0 Å². The third-order valence-corrected chi connectivity index (χ3v) is 3.52. The fourth-order valence-electron chi connectivity index (χ4n) is 2.62. The summed E-state index contributed by atoms with van der Waals surface area (Å²) in [6.45, 7) is 2.06. The lowest BCUT2D eigenvalue weighted by Gasteiger charge is -2.22. The number of carbonyl (C=O) groups is 1. The average Bonchev–Trinajstić information content (AvgIpc) is 2.39. The first-order chi connectivity index (χ1) is 9.20. The van der Waals surface area contributed by atoms with E-state index < -0.39 is 5.97 Å². The first kappa shape index (κ1) is 13.8. The normalized spacial score (nSPS) is 15.6. The van der Waals surface area contributed by atoms with Gasteiger partial charge in [0, 0.05) is 17.3 Å². The molecule has 104 valence electrons. The predicted octanol–water partition coefficient (Wildman–Crippen LogP) is 2.41. The molecule has 1 aromatic heterocycles. The Morgan fingerprint density at radius 3 is 2.95 bits per heavy atom. The summed E-state index contributed by atoms with van der Waals surface area (Å²) >= 11 is 0. The number of carboxylic acids is 1. The molecule has 2 N–H and O–H groups in total. The van der Waals surface area contributed by atoms with Gasteiger partial charge in [0.1, 0.15) is 12.1 Å². The molecule has 0 saturated heterocycles. The molecule has 1 aliphatic carbocycles. The minimum Gasteiger partial charge on any atom is -0.481 e. The zero-order valence-electron chi connectivity index (χ0n) is 11.4. The van der Waals surface area contributed by atoms with Crippen LogP contribution in [0.1, 0.15) is 50.3 Å². The van der Waals surface area contributed by atoms with E-state index >= 15 is 0 Å². The van der Waals surface area contributed by atoms with Crippen molar-refractivity contribution in [1.82, 2.24) is 9.97 Å². The smallest absolute Gasteiger partial charge is 0.305 e. The number of aryl methyl sites for hydroxylation is 1. The van der Waals surface area contributed by atoms with E-state index in [9.17, 15) is 4.79 Å². The molecule has 1 atom stereocenters. The molecule has 0 amide bonds. The number of nitrogens with zero attached hydrogens (tertiary/aromatic N) is 2. The number of hydrogen-bond donors (Lipinski definition) is 2. The summed E-state index contributed by atoms with van der Waals surface area (Å²) in [4.78, 5) is 19.5. The van der Waals surface area contributed by atoms with Crippen LogP contribution in [0.25, 0.3) is 0 Å². The van der Waals surface area contributed by atoms with Gasteiger partial charge in [0.15, 0.2) is 0 Å². The minimum absolute atomic E-state index is 0.0524. The van der Waals surface area contributed by atoms with Crippen LogP contribution in [-0.2, 0) is 17.6 Å². The lowest BCUT2D eigenvalue weighted by molar-refractivity contribution is -0.137. The summed E-state index contributed by atoms with van der Waals surface area (Å²) in [5.74, 6) is 0.0678. The molecule has 0 fully saturated rings. The molecular formula is C14H21N3O2. The first-order valence-corrected chi connectivity index (χ1v) is 7.01. The number of nitrogens with one attached hydrogen (secondary N) is 1. The molecular weight excluding hydrogens is 242 g/mol. The number of anilines is 1. The second-order valence-corrected chi connectivity index (χ2v) is 5.08. The fourth-order valence-corrected chi connectivity index (χ4v) is 2.62. The molecule has 1 aromatic rings. The van der Waals surface area contributed by atoms with Crippen LogP contribution in [0, 0.1) is 0 Å². The number of carboxylic acid groups (broad SMARTS) is 1. The average molecular weight is 263 g/mol. The molecule has 0 aromatic carbocycles. The van der Waals surface area contributed by atoms with E-state index in [-0.39, 0.29) is 12.5 Å². The topological polar surface area (TPSA) is 75.1 Å². The molecule has 0 bridgehead atoms. The van der Waals surface area contributed by atoms with Crippen molar-refractivity contribution in [2.45, 2.75) is 57.9 Å². The third kappa shape index (κ3) is 3.66. The van der Waals surface area contributed by atoms with E-state index in [2.05, 4.69) is 22.2 Å². The van der Waals surface area contributed by atoms with Crippen molar-refractivity contribution in [3.8, 4) is 0 Å². The molecule has 0 saturated carbocycles. The van der Waals surface area contributed by atoms with Crippen LogP contribution in [0.15, 0.2) is 6.33 Å². The van der Waals surface area contributed by atoms with Crippen LogP contribution >= 0.6 is 0 Å². The van der Waals surface area contributed by atoms with Crippen molar-refractivity contribution in [3.63, 3.8) is 0 Å². The van der Waals surface area contributed by atoms with Gasteiger partial charge in [-0.1, -0.05) is 13.3 Å². The highest BCUT2D eigenvalue weighted by Gasteiger charge is 2.19. The Morgan fingerprint density at radius 2 is 2.21 bits per heavy atom. The molecule has 0 aliphatic heterocycles. The Kier molecular flexibility index (Phi) is 4.71. The maximum Gasteiger partial charge on any atom is 0.305 e. The van der Waals surface area contributed by atoms with E-state index in [1.54, 1.807) is 6.33 Å². The lowest BCUT2D eigenvalue weighted by atomic mass is 9.96. The highest BCUT2D eigenvalue weighted by molar-refractivity contribution is 5.68. The van der Waals surface area contributed by atoms with Gasteiger partial charge >= 0.3 is 5.97 Å². The van der Waals surface area contributed by atoms with Crippen LogP contribution in [-0.4, -0.2) is 27.1 Å². The van der Waals surface area contributed by atoms with E-state index in [0.717, 1.165) is 43.6 Å². The minimum atomic E-state index is -0.770. The van der Waals surface area contributed by atoms with Crippen LogP contribution < -0.4 is 5.32 Å². The SMILES string of the molecule is CCCC(CC(=O)O)Nc1ncnc2c1CCCC2. The van der Waals surface area contributed by atoms with Crippen LogP contribution in [0.2, 0.25) is 0 Å². The molecule has 5 heteroatoms. The van der Waals surface area contributed by atoms with Gasteiger partial charge in [0.05, 0.1) is 6.42 Å². The Labute approximate surface area is 113 Å². The van der Waals surface area contributed by atoms with E-state index in [1.165, 1.54) is 12.0 Å². The summed E-state index contributed by atoms with van der Waals surface area (Å²) in [6.07, 6.45) is 7.84. The monoisotopic (exact) mass is 263 g/mol. The largest absolute Gasteiger partial charge is 0.481 e. The van der Waals surface area contributed by atoms with Gasteiger partial charge < -0.3 is 10.4 Å². The predicted molar refractivity (Wildman–Crippen MR) is 73.2 cm³/mol. The van der Waals surface area contributed by atoms with Crippen molar-refractivity contribution >= 4 is 11.8 Å². The number of aromatic nitrogens is 2. The van der Waals surface area contributed by atoms with Crippen molar-refractivity contribution < 1.29 is 9.90 Å². The zero-order valence-corrected chi connectivity index (χ0v) is 11.4. The van der Waals surface area contributed by atoms with Gasteiger partial charge in [-0.25, -0.2) is 9.97 Å². The summed E-state index contributed by atoms with van der Waals surface area (Å²) in [5, 5.41) is 12.3. The van der Waals surface area contributed by atoms with Gasteiger partial charge in [-0.2, -0.15) is 0 Å². The van der Waals surface area contributed by atoms with E-state index in [1.807, 2.05) is 0 Å². The van der Waals surface area contributed by atoms with Crippen molar-refractivity contribution in [1.29, 1.82) is 0 Å². The van der Waals surface area contributed by atoms with Gasteiger partial charge in [0.2, 0.25) is 0 Å². The summed E-state index contributed by atoms with van der Waals surface area (Å²) < 4.78 is 0. The van der Waals surface area contributed by atoms with Gasteiger partial charge in [0.25, 0.3) is 0 Å². The van der Waals surface area contributed by atoms with Crippen molar-refractivity contribution in [3.05, 3.63) is 17.6 Å². The summed E-state index contributed by atoms with van der Waals surface area (Å²) in [5.41, 5.74) is 2.30. The molecule has 0 radical (unpaired) electrons. The molecule has 5 nitrogen and oxygen atoms in total. The summed E-state index contributed by atoms with van der Waals surface area (Å²) in [6, 6.07) is -0.0524. The zero-order chi connectivity index (χ0) is 13.7. The van der Waals surface area contributed by atoms with Crippen molar-refractivity contribution in [2.24, 2.45) is 0 Å². The van der Waals surface area contributed by atoms with E-state index in [0.29, 0.717) is 0 Å². The van der Waals surface area contributed by atoms with Crippen LogP contribution in [0.3, 0.4) is 0 Å². The first-order valence-electron chi connectivity index (χ1n) is 7.01. The van der Waals surface area contributed by atoms with Crippen molar-refractivity contribution in [2.75, 3.05) is 5.32 Å². The standard InChI is InChI=1S/C14H21N3O2/c1-2-5-10(8-13(18)19)17-14-11-6-3-4-7-12(11)15-9-16-14/h9-10H,2-8H2,1H3,(H,18,19)(H,15,16,17). The molecule has 0 spiro atoms. The van der Waals surface area contributed by atoms with E-state index in [4.69, 9.17) is 5.11 Å². The maximum absolute atomic E-state index is 10.9. The molecule has 1 heterocycles. The molecule has 2 rings (SSSR count). The molecule has 1 aliphatic rings. The number of fused-ring (bicyclic) bond motifs is 1. The summed E-state index contributed by atoms with van der Waals surface area (Å²) in [7, 11) is 0. The Hall–Kier alpha value is -1.65. The third-order valence-electron chi connectivity index (χ3n) is 3.52. The van der Waals surface area contributed by atoms with Gasteiger partial charge in [-0.05, 0) is 32.1 Å².